The predicted molar refractivity (Wildman–Crippen MR) is 118 cm³/mol. The lowest BCUT2D eigenvalue weighted by molar-refractivity contribution is -0.123. The van der Waals surface area contributed by atoms with Crippen LogP contribution in [0.2, 0.25) is 0 Å². The molecule has 2 aliphatic rings. The summed E-state index contributed by atoms with van der Waals surface area (Å²) in [6.45, 7) is -0.215. The van der Waals surface area contributed by atoms with Crippen molar-refractivity contribution in [2.45, 2.75) is 17.0 Å². The van der Waals surface area contributed by atoms with Crippen molar-refractivity contribution in [1.29, 1.82) is 0 Å². The molecule has 0 bridgehead atoms. The van der Waals surface area contributed by atoms with Crippen molar-refractivity contribution in [3.63, 3.8) is 0 Å². The second-order valence-corrected chi connectivity index (χ2v) is 7.90. The molecule has 2 heterocycles. The molecule has 0 spiro atoms. The molecule has 0 radical (unpaired) electrons. The van der Waals surface area contributed by atoms with Crippen LogP contribution in [-0.2, 0) is 14.4 Å². The fourth-order valence-corrected chi connectivity index (χ4v) is 4.08. The molecule has 0 aliphatic carbocycles. The van der Waals surface area contributed by atoms with Crippen LogP contribution in [0.15, 0.2) is 57.7 Å². The number of benzene rings is 2. The van der Waals surface area contributed by atoms with Crippen LogP contribution in [0.5, 0.6) is 11.5 Å². The molecule has 2 aliphatic heterocycles. The molecule has 32 heavy (non-hydrogen) atoms. The van der Waals surface area contributed by atoms with Gasteiger partial charge in [-0.3, -0.25) is 19.4 Å². The van der Waals surface area contributed by atoms with Gasteiger partial charge in [0.2, 0.25) is 5.91 Å². The van der Waals surface area contributed by atoms with Crippen LogP contribution in [0.3, 0.4) is 0 Å². The van der Waals surface area contributed by atoms with Gasteiger partial charge in [-0.05, 0) is 36.6 Å². The van der Waals surface area contributed by atoms with E-state index >= 15 is 0 Å². The molecule has 2 aromatic carbocycles. The van der Waals surface area contributed by atoms with Gasteiger partial charge in [-0.2, -0.15) is 5.11 Å². The minimum Gasteiger partial charge on any atom is -0.493 e. The molecular formula is C21H21N5O5S. The van der Waals surface area contributed by atoms with E-state index in [0.29, 0.717) is 22.9 Å². The first-order valence-corrected chi connectivity index (χ1v) is 10.9. The van der Waals surface area contributed by atoms with Crippen molar-refractivity contribution in [3.05, 3.63) is 42.5 Å². The number of rotatable bonds is 7. The SMILES string of the molecule is COc1ccc(N2C(=O)C3N=NN(CC(=O)Nc4cccc(SC)c4)C3C2=O)cc1OC. The Morgan fingerprint density at radius 2 is 1.88 bits per heavy atom. The second-order valence-electron chi connectivity index (χ2n) is 7.02. The number of hydrogen-bond donors (Lipinski definition) is 1. The highest BCUT2D eigenvalue weighted by Gasteiger charge is 2.55. The third kappa shape index (κ3) is 3.86. The number of methoxy groups -OCH3 is 2. The van der Waals surface area contributed by atoms with Crippen LogP contribution in [-0.4, -0.2) is 61.8 Å². The lowest BCUT2D eigenvalue weighted by Crippen LogP contribution is -2.43. The number of amides is 3. The van der Waals surface area contributed by atoms with E-state index < -0.39 is 23.9 Å². The molecule has 1 fully saturated rings. The summed E-state index contributed by atoms with van der Waals surface area (Å²) >= 11 is 1.56. The van der Waals surface area contributed by atoms with E-state index in [1.807, 2.05) is 24.5 Å². The summed E-state index contributed by atoms with van der Waals surface area (Å²) in [4.78, 5) is 40.6. The zero-order valence-corrected chi connectivity index (χ0v) is 18.5. The van der Waals surface area contributed by atoms with E-state index in [0.717, 1.165) is 9.80 Å². The summed E-state index contributed by atoms with van der Waals surface area (Å²) in [5.41, 5.74) is 0.968. The third-order valence-electron chi connectivity index (χ3n) is 5.14. The fraction of sp³-hybridized carbons (Fsp3) is 0.286. The lowest BCUT2D eigenvalue weighted by Gasteiger charge is -2.20. The zero-order chi connectivity index (χ0) is 22.8. The normalized spacial score (nSPS) is 19.3. The van der Waals surface area contributed by atoms with Gasteiger partial charge >= 0.3 is 0 Å². The second kappa shape index (κ2) is 8.87. The number of thioether (sulfide) groups is 1. The lowest BCUT2D eigenvalue weighted by atomic mass is 10.1. The first-order chi connectivity index (χ1) is 15.5. The van der Waals surface area contributed by atoms with Gasteiger partial charge in [-0.25, -0.2) is 4.90 Å². The molecule has 0 saturated carbocycles. The van der Waals surface area contributed by atoms with Gasteiger partial charge < -0.3 is 14.8 Å². The summed E-state index contributed by atoms with van der Waals surface area (Å²) < 4.78 is 10.5. The Kier molecular flexibility index (Phi) is 5.99. The summed E-state index contributed by atoms with van der Waals surface area (Å²) in [6, 6.07) is 10.2. The number of imide groups is 1. The summed E-state index contributed by atoms with van der Waals surface area (Å²) in [5, 5.41) is 11.9. The van der Waals surface area contributed by atoms with E-state index in [4.69, 9.17) is 9.47 Å². The molecule has 3 amide bonds. The Bertz CT molecular complexity index is 1110. The highest BCUT2D eigenvalue weighted by atomic mass is 32.2. The highest BCUT2D eigenvalue weighted by molar-refractivity contribution is 7.98. The number of fused-ring (bicyclic) bond motifs is 1. The van der Waals surface area contributed by atoms with E-state index in [9.17, 15) is 14.4 Å². The molecule has 2 atom stereocenters. The molecule has 166 valence electrons. The summed E-state index contributed by atoms with van der Waals surface area (Å²) in [5.74, 6) is -0.527. The van der Waals surface area contributed by atoms with E-state index in [-0.39, 0.29) is 12.5 Å². The average molecular weight is 455 g/mol. The van der Waals surface area contributed by atoms with Crippen LogP contribution in [0.25, 0.3) is 0 Å². The van der Waals surface area contributed by atoms with Gasteiger partial charge in [0.15, 0.2) is 23.6 Å². The smallest absolute Gasteiger partial charge is 0.263 e. The van der Waals surface area contributed by atoms with Crippen molar-refractivity contribution >= 4 is 40.9 Å². The van der Waals surface area contributed by atoms with Gasteiger partial charge in [-0.15, -0.1) is 11.8 Å². The quantitative estimate of drug-likeness (QED) is 0.504. The standard InChI is InChI=1S/C21H21N5O5S/c1-30-15-8-7-13(10-16(15)31-2)26-20(28)18-19(21(26)29)25(24-23-18)11-17(27)22-12-5-4-6-14(9-12)32-3/h4-10,18-19H,11H2,1-3H3,(H,22,27). The minimum absolute atomic E-state index is 0.215. The maximum atomic E-state index is 13.1. The number of nitrogens with zero attached hydrogens (tertiary/aromatic N) is 4. The molecule has 1 saturated heterocycles. The Morgan fingerprint density at radius 1 is 1.09 bits per heavy atom. The average Bonchev–Trinajstić information content (AvgIpc) is 3.32. The van der Waals surface area contributed by atoms with Crippen molar-refractivity contribution in [2.75, 3.05) is 37.2 Å². The molecule has 11 heteroatoms. The zero-order valence-electron chi connectivity index (χ0n) is 17.6. The number of hydrogen-bond acceptors (Lipinski definition) is 9. The van der Waals surface area contributed by atoms with Crippen LogP contribution in [0.4, 0.5) is 11.4 Å². The molecule has 1 N–H and O–H groups in total. The first-order valence-electron chi connectivity index (χ1n) is 9.68. The van der Waals surface area contributed by atoms with Crippen molar-refractivity contribution in [1.82, 2.24) is 5.01 Å². The molecule has 4 rings (SSSR count). The first kappa shape index (κ1) is 21.6. The third-order valence-corrected chi connectivity index (χ3v) is 5.87. The summed E-state index contributed by atoms with van der Waals surface area (Å²) in [7, 11) is 2.96. The number of carbonyl (C=O) groups is 3. The van der Waals surface area contributed by atoms with Gasteiger partial charge in [0.25, 0.3) is 11.8 Å². The van der Waals surface area contributed by atoms with Gasteiger partial charge in [0, 0.05) is 16.6 Å². The Hall–Kier alpha value is -3.60. The Labute approximate surface area is 188 Å². The van der Waals surface area contributed by atoms with E-state index in [1.54, 1.807) is 36.0 Å². The predicted octanol–water partition coefficient (Wildman–Crippen LogP) is 2.36. The number of ether oxygens (including phenoxy) is 2. The maximum Gasteiger partial charge on any atom is 0.263 e. The van der Waals surface area contributed by atoms with Crippen LogP contribution in [0.1, 0.15) is 0 Å². The van der Waals surface area contributed by atoms with Crippen LogP contribution >= 0.6 is 11.8 Å². The topological polar surface area (TPSA) is 113 Å². The Morgan fingerprint density at radius 3 is 2.59 bits per heavy atom. The number of nitrogens with one attached hydrogen (secondary N) is 1. The largest absolute Gasteiger partial charge is 0.493 e. The number of anilines is 2. The summed E-state index contributed by atoms with van der Waals surface area (Å²) in [6.07, 6.45) is 1.94. The van der Waals surface area contributed by atoms with E-state index in [1.165, 1.54) is 19.2 Å². The van der Waals surface area contributed by atoms with Crippen molar-refractivity contribution in [3.8, 4) is 11.5 Å². The van der Waals surface area contributed by atoms with Crippen molar-refractivity contribution < 1.29 is 23.9 Å². The van der Waals surface area contributed by atoms with E-state index in [2.05, 4.69) is 15.7 Å². The Balaban J connectivity index is 1.50. The molecule has 2 aromatic rings. The fourth-order valence-electron chi connectivity index (χ4n) is 3.62. The monoisotopic (exact) mass is 455 g/mol. The van der Waals surface area contributed by atoms with Gasteiger partial charge in [0.1, 0.15) is 6.54 Å². The van der Waals surface area contributed by atoms with Gasteiger partial charge in [0.05, 0.1) is 19.9 Å². The van der Waals surface area contributed by atoms with Crippen LogP contribution < -0.4 is 19.7 Å². The number of carbonyl (C=O) groups excluding carboxylic acids is 3. The van der Waals surface area contributed by atoms with Crippen molar-refractivity contribution in [2.24, 2.45) is 10.3 Å². The molecular weight excluding hydrogens is 434 g/mol. The minimum atomic E-state index is -0.997. The molecule has 0 aromatic heterocycles. The van der Waals surface area contributed by atoms with Crippen LogP contribution in [0, 0.1) is 0 Å². The molecule has 10 nitrogen and oxygen atoms in total. The highest BCUT2D eigenvalue weighted by Crippen LogP contribution is 2.36. The maximum absolute atomic E-state index is 13.1. The molecule has 2 unspecified atom stereocenters. The van der Waals surface area contributed by atoms with Gasteiger partial charge in [-0.1, -0.05) is 11.3 Å².